The van der Waals surface area contributed by atoms with Crippen LogP contribution in [0.3, 0.4) is 0 Å². The predicted octanol–water partition coefficient (Wildman–Crippen LogP) is 1.80. The Morgan fingerprint density at radius 2 is 2.25 bits per heavy atom. The van der Waals surface area contributed by atoms with Gasteiger partial charge in [-0.2, -0.15) is 5.10 Å². The number of aryl methyl sites for hydroxylation is 1. The number of nitrogens with zero attached hydrogens (tertiary/aromatic N) is 2. The minimum absolute atomic E-state index is 0.297. The summed E-state index contributed by atoms with van der Waals surface area (Å²) in [5.41, 5.74) is 2.32. The van der Waals surface area contributed by atoms with Gasteiger partial charge in [0, 0.05) is 18.9 Å². The molecular formula is C14H18N4O2. The van der Waals surface area contributed by atoms with E-state index in [9.17, 15) is 9.90 Å². The molecule has 0 bridgehead atoms. The van der Waals surface area contributed by atoms with Crippen molar-refractivity contribution in [2.45, 2.75) is 19.6 Å². The number of aliphatic hydroxyl groups excluding tert-OH is 1. The number of rotatable bonds is 4. The van der Waals surface area contributed by atoms with Gasteiger partial charge in [0.2, 0.25) is 0 Å². The van der Waals surface area contributed by atoms with Crippen LogP contribution >= 0.6 is 0 Å². The van der Waals surface area contributed by atoms with Gasteiger partial charge in [0.15, 0.2) is 0 Å². The van der Waals surface area contributed by atoms with Crippen molar-refractivity contribution in [2.24, 2.45) is 7.05 Å². The number of urea groups is 1. The summed E-state index contributed by atoms with van der Waals surface area (Å²) in [5, 5.41) is 19.0. The van der Waals surface area contributed by atoms with Crippen LogP contribution in [0.15, 0.2) is 36.5 Å². The average Bonchev–Trinajstić information content (AvgIpc) is 2.82. The highest BCUT2D eigenvalue weighted by molar-refractivity contribution is 5.89. The Kier molecular flexibility index (Phi) is 4.37. The van der Waals surface area contributed by atoms with E-state index in [0.29, 0.717) is 12.2 Å². The SMILES string of the molecule is CC(O)c1cccc(NC(=O)NCc2ccnn2C)c1. The van der Waals surface area contributed by atoms with Crippen molar-refractivity contribution in [3.8, 4) is 0 Å². The van der Waals surface area contributed by atoms with Crippen LogP contribution in [-0.4, -0.2) is 20.9 Å². The number of benzene rings is 1. The number of aliphatic hydroxyl groups is 1. The summed E-state index contributed by atoms with van der Waals surface area (Å²) in [4.78, 5) is 11.8. The van der Waals surface area contributed by atoms with Gasteiger partial charge in [-0.15, -0.1) is 0 Å². The van der Waals surface area contributed by atoms with Crippen LogP contribution in [0.4, 0.5) is 10.5 Å². The molecule has 0 aliphatic heterocycles. The molecule has 20 heavy (non-hydrogen) atoms. The van der Waals surface area contributed by atoms with Crippen molar-refractivity contribution in [1.29, 1.82) is 0 Å². The lowest BCUT2D eigenvalue weighted by atomic mass is 10.1. The smallest absolute Gasteiger partial charge is 0.319 e. The summed E-state index contributed by atoms with van der Waals surface area (Å²) in [7, 11) is 1.82. The minimum Gasteiger partial charge on any atom is -0.389 e. The zero-order valence-electron chi connectivity index (χ0n) is 11.5. The maximum Gasteiger partial charge on any atom is 0.319 e. The normalized spacial score (nSPS) is 11.9. The molecule has 2 aromatic rings. The second-order valence-corrected chi connectivity index (χ2v) is 4.56. The van der Waals surface area contributed by atoms with E-state index in [0.717, 1.165) is 11.3 Å². The third-order valence-corrected chi connectivity index (χ3v) is 2.98. The van der Waals surface area contributed by atoms with Crippen molar-refractivity contribution in [2.75, 3.05) is 5.32 Å². The molecule has 1 atom stereocenters. The van der Waals surface area contributed by atoms with E-state index < -0.39 is 6.10 Å². The van der Waals surface area contributed by atoms with Crippen molar-refractivity contribution < 1.29 is 9.90 Å². The van der Waals surface area contributed by atoms with Crippen molar-refractivity contribution >= 4 is 11.7 Å². The molecule has 0 aliphatic rings. The molecule has 1 aromatic carbocycles. The number of hydrogen-bond acceptors (Lipinski definition) is 3. The van der Waals surface area contributed by atoms with Gasteiger partial charge in [0.05, 0.1) is 18.3 Å². The van der Waals surface area contributed by atoms with Gasteiger partial charge in [0.25, 0.3) is 0 Å². The Balaban J connectivity index is 1.91. The molecule has 106 valence electrons. The molecule has 2 rings (SSSR count). The van der Waals surface area contributed by atoms with E-state index in [4.69, 9.17) is 0 Å². The van der Waals surface area contributed by atoms with Crippen molar-refractivity contribution in [3.63, 3.8) is 0 Å². The summed E-state index contributed by atoms with van der Waals surface area (Å²) in [6.45, 7) is 2.08. The fourth-order valence-electron chi connectivity index (χ4n) is 1.80. The molecule has 6 nitrogen and oxygen atoms in total. The maximum atomic E-state index is 11.8. The van der Waals surface area contributed by atoms with Gasteiger partial charge in [-0.05, 0) is 30.7 Å². The Morgan fingerprint density at radius 1 is 1.45 bits per heavy atom. The Bertz CT molecular complexity index is 592. The standard InChI is InChI=1S/C14H18N4O2/c1-10(19)11-4-3-5-12(8-11)17-14(20)15-9-13-6-7-16-18(13)2/h3-8,10,19H,9H2,1-2H3,(H2,15,17,20). The summed E-state index contributed by atoms with van der Waals surface area (Å²) in [5.74, 6) is 0. The highest BCUT2D eigenvalue weighted by Gasteiger charge is 2.06. The Morgan fingerprint density at radius 3 is 2.90 bits per heavy atom. The summed E-state index contributed by atoms with van der Waals surface area (Å²) in [6.07, 6.45) is 1.12. The number of carbonyl (C=O) groups is 1. The number of carbonyl (C=O) groups excluding carboxylic acids is 1. The van der Waals surface area contributed by atoms with Crippen LogP contribution in [0.1, 0.15) is 24.3 Å². The predicted molar refractivity (Wildman–Crippen MR) is 76.1 cm³/mol. The van der Waals surface area contributed by atoms with Crippen molar-refractivity contribution in [1.82, 2.24) is 15.1 Å². The second-order valence-electron chi connectivity index (χ2n) is 4.56. The zero-order chi connectivity index (χ0) is 14.5. The summed E-state index contributed by atoms with van der Waals surface area (Å²) >= 11 is 0. The van der Waals surface area contributed by atoms with Crippen molar-refractivity contribution in [3.05, 3.63) is 47.8 Å². The molecule has 1 heterocycles. The fourth-order valence-corrected chi connectivity index (χ4v) is 1.80. The molecule has 1 aromatic heterocycles. The molecule has 1 unspecified atom stereocenters. The number of nitrogens with one attached hydrogen (secondary N) is 2. The molecule has 0 saturated heterocycles. The molecule has 3 N–H and O–H groups in total. The molecule has 0 spiro atoms. The molecular weight excluding hydrogens is 256 g/mol. The lowest BCUT2D eigenvalue weighted by Gasteiger charge is -2.10. The van der Waals surface area contributed by atoms with E-state index in [-0.39, 0.29) is 6.03 Å². The zero-order valence-corrected chi connectivity index (χ0v) is 11.5. The molecule has 2 amide bonds. The number of aromatic nitrogens is 2. The first kappa shape index (κ1) is 14.1. The van der Waals surface area contributed by atoms with Crippen LogP contribution in [0.25, 0.3) is 0 Å². The average molecular weight is 274 g/mol. The highest BCUT2D eigenvalue weighted by Crippen LogP contribution is 2.16. The second kappa shape index (κ2) is 6.21. The first-order chi connectivity index (χ1) is 9.56. The third-order valence-electron chi connectivity index (χ3n) is 2.98. The molecule has 6 heteroatoms. The van der Waals surface area contributed by atoms with E-state index in [2.05, 4.69) is 15.7 Å². The minimum atomic E-state index is -0.561. The largest absolute Gasteiger partial charge is 0.389 e. The first-order valence-corrected chi connectivity index (χ1v) is 6.36. The van der Waals surface area contributed by atoms with Crippen LogP contribution in [0.2, 0.25) is 0 Å². The van der Waals surface area contributed by atoms with E-state index in [1.165, 1.54) is 0 Å². The van der Waals surface area contributed by atoms with E-state index >= 15 is 0 Å². The molecule has 0 radical (unpaired) electrons. The topological polar surface area (TPSA) is 79.2 Å². The third kappa shape index (κ3) is 3.58. The van der Waals surface area contributed by atoms with Crippen LogP contribution in [0, 0.1) is 0 Å². The highest BCUT2D eigenvalue weighted by atomic mass is 16.3. The monoisotopic (exact) mass is 274 g/mol. The fraction of sp³-hybridized carbons (Fsp3) is 0.286. The lowest BCUT2D eigenvalue weighted by Crippen LogP contribution is -2.29. The Labute approximate surface area is 117 Å². The maximum absolute atomic E-state index is 11.8. The van der Waals surface area contributed by atoms with Gasteiger partial charge in [-0.25, -0.2) is 4.79 Å². The summed E-state index contributed by atoms with van der Waals surface area (Å²) < 4.78 is 1.70. The number of amides is 2. The van der Waals surface area contributed by atoms with Gasteiger partial charge in [-0.1, -0.05) is 12.1 Å². The number of anilines is 1. The Hall–Kier alpha value is -2.34. The van der Waals surface area contributed by atoms with Gasteiger partial charge < -0.3 is 15.7 Å². The van der Waals surface area contributed by atoms with Gasteiger partial charge in [-0.3, -0.25) is 4.68 Å². The quantitative estimate of drug-likeness (QED) is 0.795. The van der Waals surface area contributed by atoms with Crippen LogP contribution in [0.5, 0.6) is 0 Å². The molecule has 0 saturated carbocycles. The molecule has 0 fully saturated rings. The molecule has 0 aliphatic carbocycles. The van der Waals surface area contributed by atoms with Crippen LogP contribution in [-0.2, 0) is 13.6 Å². The van der Waals surface area contributed by atoms with E-state index in [1.54, 1.807) is 36.0 Å². The summed E-state index contributed by atoms with van der Waals surface area (Å²) in [6, 6.07) is 8.66. The lowest BCUT2D eigenvalue weighted by molar-refractivity contribution is 0.199. The van der Waals surface area contributed by atoms with E-state index in [1.807, 2.05) is 19.2 Å². The first-order valence-electron chi connectivity index (χ1n) is 6.36. The van der Waals surface area contributed by atoms with Gasteiger partial charge in [0.1, 0.15) is 0 Å². The van der Waals surface area contributed by atoms with Crippen LogP contribution < -0.4 is 10.6 Å². The van der Waals surface area contributed by atoms with Gasteiger partial charge >= 0.3 is 6.03 Å². The number of hydrogen-bond donors (Lipinski definition) is 3.